The lowest BCUT2D eigenvalue weighted by Crippen LogP contribution is -2.12. The average Bonchev–Trinajstić information content (AvgIpc) is 2.65. The molecule has 2 aromatic carbocycles. The van der Waals surface area contributed by atoms with E-state index in [0.717, 1.165) is 10.6 Å². The third-order valence-electron chi connectivity index (χ3n) is 3.58. The van der Waals surface area contributed by atoms with Gasteiger partial charge in [0.1, 0.15) is 0 Å². The number of fused-ring (bicyclic) bond motifs is 1. The molecule has 0 fully saturated rings. The van der Waals surface area contributed by atoms with Gasteiger partial charge in [-0.05, 0) is 29.8 Å². The van der Waals surface area contributed by atoms with Crippen LogP contribution < -0.4 is 10.2 Å². The summed E-state index contributed by atoms with van der Waals surface area (Å²) in [6.07, 6.45) is 0.501. The number of carbonyl (C=O) groups excluding carboxylic acids is 1. The molecule has 0 spiro atoms. The Morgan fingerprint density at radius 3 is 2.52 bits per heavy atom. The maximum absolute atomic E-state index is 12.1. The molecule has 108 valence electrons. The molecule has 1 heterocycles. The molecule has 0 radical (unpaired) electrons. The van der Waals surface area contributed by atoms with Gasteiger partial charge >= 0.3 is 0 Å². The minimum absolute atomic E-state index is 0.0779. The molecule has 1 unspecified atom stereocenters. The fourth-order valence-corrected chi connectivity index (χ4v) is 3.65. The standard InChI is InChI=1S/C17H18N2OS/c1-19(2)13-9-7-12(8-10-13)16-11-17(20)18-14-5-3-4-6-15(14)21-16/h3-10,16H,11H2,1-2H3,(H,18,20). The molecule has 4 heteroatoms. The Hall–Kier alpha value is -1.94. The second-order valence-electron chi connectivity index (χ2n) is 5.34. The van der Waals surface area contributed by atoms with Crippen LogP contribution in [-0.2, 0) is 4.79 Å². The van der Waals surface area contributed by atoms with E-state index in [1.54, 1.807) is 11.8 Å². The van der Waals surface area contributed by atoms with Gasteiger partial charge in [0.25, 0.3) is 0 Å². The van der Waals surface area contributed by atoms with Crippen molar-refractivity contribution < 1.29 is 4.79 Å². The molecule has 0 bridgehead atoms. The van der Waals surface area contributed by atoms with E-state index in [4.69, 9.17) is 0 Å². The number of nitrogens with zero attached hydrogens (tertiary/aromatic N) is 1. The second kappa shape index (κ2) is 5.82. The molecule has 21 heavy (non-hydrogen) atoms. The van der Waals surface area contributed by atoms with Crippen molar-refractivity contribution in [1.29, 1.82) is 0 Å². The molecular formula is C17H18N2OS. The fraction of sp³-hybridized carbons (Fsp3) is 0.235. The van der Waals surface area contributed by atoms with Crippen molar-refractivity contribution in [1.82, 2.24) is 0 Å². The van der Waals surface area contributed by atoms with Crippen LogP contribution in [0.25, 0.3) is 0 Å². The van der Waals surface area contributed by atoms with Crippen LogP contribution in [0.2, 0.25) is 0 Å². The van der Waals surface area contributed by atoms with Crippen molar-refractivity contribution in [3.63, 3.8) is 0 Å². The van der Waals surface area contributed by atoms with Crippen molar-refractivity contribution >= 4 is 29.0 Å². The zero-order chi connectivity index (χ0) is 14.8. The number of thioether (sulfide) groups is 1. The van der Waals surface area contributed by atoms with E-state index in [9.17, 15) is 4.79 Å². The van der Waals surface area contributed by atoms with E-state index in [0.29, 0.717) is 6.42 Å². The van der Waals surface area contributed by atoms with Crippen LogP contribution >= 0.6 is 11.8 Å². The number of nitrogens with one attached hydrogen (secondary N) is 1. The third-order valence-corrected chi connectivity index (χ3v) is 4.92. The van der Waals surface area contributed by atoms with E-state index < -0.39 is 0 Å². The summed E-state index contributed by atoms with van der Waals surface area (Å²) in [5.74, 6) is 0.0779. The largest absolute Gasteiger partial charge is 0.378 e. The Bertz CT molecular complexity index is 652. The Morgan fingerprint density at radius 2 is 1.81 bits per heavy atom. The summed E-state index contributed by atoms with van der Waals surface area (Å²) in [6.45, 7) is 0. The molecule has 0 aliphatic carbocycles. The van der Waals surface area contributed by atoms with Crippen molar-refractivity contribution in [3.8, 4) is 0 Å². The molecule has 1 atom stereocenters. The van der Waals surface area contributed by atoms with Gasteiger partial charge in [0.05, 0.1) is 5.69 Å². The van der Waals surface area contributed by atoms with Gasteiger partial charge in [-0.25, -0.2) is 0 Å². The van der Waals surface area contributed by atoms with Gasteiger partial charge in [0.15, 0.2) is 0 Å². The highest BCUT2D eigenvalue weighted by Gasteiger charge is 2.23. The predicted octanol–water partition coefficient (Wildman–Crippen LogP) is 3.93. The number of anilines is 2. The number of amides is 1. The van der Waals surface area contributed by atoms with Crippen LogP contribution in [0.3, 0.4) is 0 Å². The Morgan fingerprint density at radius 1 is 1.10 bits per heavy atom. The SMILES string of the molecule is CN(C)c1ccc(C2CC(=O)Nc3ccccc3S2)cc1. The highest BCUT2D eigenvalue weighted by atomic mass is 32.2. The number of benzene rings is 2. The zero-order valence-corrected chi connectivity index (χ0v) is 13.0. The van der Waals surface area contributed by atoms with Crippen molar-refractivity contribution in [2.45, 2.75) is 16.6 Å². The minimum Gasteiger partial charge on any atom is -0.378 e. The first kappa shape index (κ1) is 14.0. The quantitative estimate of drug-likeness (QED) is 0.912. The van der Waals surface area contributed by atoms with Gasteiger partial charge in [-0.2, -0.15) is 0 Å². The summed E-state index contributed by atoms with van der Waals surface area (Å²) in [7, 11) is 4.05. The summed E-state index contributed by atoms with van der Waals surface area (Å²) in [5.41, 5.74) is 3.28. The van der Waals surface area contributed by atoms with Crippen molar-refractivity contribution in [3.05, 3.63) is 54.1 Å². The maximum Gasteiger partial charge on any atom is 0.225 e. The van der Waals surface area contributed by atoms with Crippen molar-refractivity contribution in [2.75, 3.05) is 24.3 Å². The molecule has 1 aliphatic heterocycles. The third kappa shape index (κ3) is 3.05. The lowest BCUT2D eigenvalue weighted by atomic mass is 10.1. The first-order valence-corrected chi connectivity index (χ1v) is 7.84. The highest BCUT2D eigenvalue weighted by molar-refractivity contribution is 7.99. The minimum atomic E-state index is 0.0779. The highest BCUT2D eigenvalue weighted by Crippen LogP contribution is 2.43. The number of carbonyl (C=O) groups is 1. The van der Waals surface area contributed by atoms with Gasteiger partial charge in [-0.3, -0.25) is 4.79 Å². The monoisotopic (exact) mass is 298 g/mol. The molecule has 3 rings (SSSR count). The van der Waals surface area contributed by atoms with Crippen LogP contribution in [0.1, 0.15) is 17.2 Å². The van der Waals surface area contributed by atoms with E-state index >= 15 is 0 Å². The van der Waals surface area contributed by atoms with Gasteiger partial charge in [-0.15, -0.1) is 11.8 Å². The Balaban J connectivity index is 1.90. The summed E-state index contributed by atoms with van der Waals surface area (Å²) in [6, 6.07) is 16.4. The smallest absolute Gasteiger partial charge is 0.225 e. The van der Waals surface area contributed by atoms with Crippen LogP contribution in [0, 0.1) is 0 Å². The van der Waals surface area contributed by atoms with Crippen LogP contribution in [0.4, 0.5) is 11.4 Å². The summed E-state index contributed by atoms with van der Waals surface area (Å²) < 4.78 is 0. The topological polar surface area (TPSA) is 32.3 Å². The van der Waals surface area contributed by atoms with Gasteiger partial charge in [0, 0.05) is 36.3 Å². The average molecular weight is 298 g/mol. The van der Waals surface area contributed by atoms with Gasteiger partial charge in [-0.1, -0.05) is 24.3 Å². The molecule has 1 N–H and O–H groups in total. The Kier molecular flexibility index (Phi) is 3.88. The molecular weight excluding hydrogens is 280 g/mol. The molecule has 1 aliphatic rings. The number of para-hydroxylation sites is 1. The second-order valence-corrected chi connectivity index (χ2v) is 6.59. The number of rotatable bonds is 2. The summed E-state index contributed by atoms with van der Waals surface area (Å²) in [4.78, 5) is 15.3. The molecule has 0 saturated heterocycles. The molecule has 3 nitrogen and oxygen atoms in total. The van der Waals surface area contributed by atoms with E-state index in [1.165, 1.54) is 11.3 Å². The van der Waals surface area contributed by atoms with Crippen molar-refractivity contribution in [2.24, 2.45) is 0 Å². The number of hydrogen-bond acceptors (Lipinski definition) is 3. The lowest BCUT2D eigenvalue weighted by molar-refractivity contribution is -0.116. The number of hydrogen-bond donors (Lipinski definition) is 1. The fourth-order valence-electron chi connectivity index (χ4n) is 2.41. The molecule has 1 amide bonds. The summed E-state index contributed by atoms with van der Waals surface area (Å²) in [5, 5.41) is 3.14. The van der Waals surface area contributed by atoms with Gasteiger partial charge in [0.2, 0.25) is 5.91 Å². The molecule has 2 aromatic rings. The maximum atomic E-state index is 12.1. The Labute approximate surface area is 129 Å². The van der Waals surface area contributed by atoms with Gasteiger partial charge < -0.3 is 10.2 Å². The van der Waals surface area contributed by atoms with E-state index in [-0.39, 0.29) is 11.2 Å². The van der Waals surface area contributed by atoms with Crippen LogP contribution in [-0.4, -0.2) is 20.0 Å². The molecule has 0 saturated carbocycles. The van der Waals surface area contributed by atoms with Crippen LogP contribution in [0.5, 0.6) is 0 Å². The first-order valence-electron chi connectivity index (χ1n) is 6.96. The van der Waals surface area contributed by atoms with E-state index in [2.05, 4.69) is 40.5 Å². The van der Waals surface area contributed by atoms with Crippen LogP contribution in [0.15, 0.2) is 53.4 Å². The predicted molar refractivity (Wildman–Crippen MR) is 89.1 cm³/mol. The first-order chi connectivity index (χ1) is 10.1. The molecule has 0 aromatic heterocycles. The normalized spacial score (nSPS) is 17.6. The van der Waals surface area contributed by atoms with E-state index in [1.807, 2.05) is 32.3 Å². The zero-order valence-electron chi connectivity index (χ0n) is 12.2. The lowest BCUT2D eigenvalue weighted by Gasteiger charge is -2.16. The summed E-state index contributed by atoms with van der Waals surface area (Å²) >= 11 is 1.75.